The first-order chi connectivity index (χ1) is 16.5. The van der Waals surface area contributed by atoms with Gasteiger partial charge in [-0.05, 0) is 48.9 Å². The third kappa shape index (κ3) is 4.39. The molecule has 2 aromatic heterocycles. The summed E-state index contributed by atoms with van der Waals surface area (Å²) >= 11 is 8.03. The Hall–Kier alpha value is -2.64. The first-order valence-corrected chi connectivity index (χ1v) is 13.2. The van der Waals surface area contributed by atoms with Gasteiger partial charge in [0.05, 0.1) is 11.4 Å². The van der Waals surface area contributed by atoms with Crippen LogP contribution in [0.1, 0.15) is 61.5 Å². The minimum absolute atomic E-state index is 0.126. The summed E-state index contributed by atoms with van der Waals surface area (Å²) in [5, 5.41) is 10.6. The number of benzene rings is 1. The van der Waals surface area contributed by atoms with Crippen LogP contribution in [0.15, 0.2) is 47.8 Å². The van der Waals surface area contributed by atoms with Gasteiger partial charge in [0.2, 0.25) is 5.91 Å². The van der Waals surface area contributed by atoms with Crippen LogP contribution in [0.2, 0.25) is 5.02 Å². The molecule has 0 spiro atoms. The summed E-state index contributed by atoms with van der Waals surface area (Å²) in [6, 6.07) is 13.4. The van der Waals surface area contributed by atoms with Crippen molar-refractivity contribution in [2.75, 3.05) is 0 Å². The van der Waals surface area contributed by atoms with Gasteiger partial charge in [-0.15, -0.1) is 11.3 Å². The van der Waals surface area contributed by atoms with Crippen LogP contribution < -0.4 is 5.32 Å². The summed E-state index contributed by atoms with van der Waals surface area (Å²) in [6.07, 6.45) is 6.63. The molecule has 1 aromatic carbocycles. The van der Waals surface area contributed by atoms with Crippen LogP contribution in [0.5, 0.6) is 0 Å². The highest BCUT2D eigenvalue weighted by atomic mass is 35.5. The van der Waals surface area contributed by atoms with Gasteiger partial charge in [-0.1, -0.05) is 61.5 Å². The molecule has 2 aliphatic rings. The lowest BCUT2D eigenvalue weighted by Crippen LogP contribution is -2.64. The van der Waals surface area contributed by atoms with Gasteiger partial charge in [-0.2, -0.15) is 5.10 Å². The second-order valence-corrected chi connectivity index (χ2v) is 10.8. The molecule has 1 N–H and O–H groups in total. The molecule has 1 fully saturated rings. The van der Waals surface area contributed by atoms with Crippen molar-refractivity contribution in [1.29, 1.82) is 0 Å². The number of hydrogen-bond acceptors (Lipinski definition) is 4. The van der Waals surface area contributed by atoms with Crippen molar-refractivity contribution in [2.45, 2.75) is 70.1 Å². The molecule has 3 heterocycles. The predicted octanol–water partition coefficient (Wildman–Crippen LogP) is 5.52. The molecular formula is C26H29ClN4O2S. The van der Waals surface area contributed by atoms with Crippen molar-refractivity contribution in [3.8, 4) is 10.6 Å². The summed E-state index contributed by atoms with van der Waals surface area (Å²) in [6.45, 7) is 2.40. The molecule has 2 amide bonds. The molecule has 0 bridgehead atoms. The maximum atomic E-state index is 13.8. The van der Waals surface area contributed by atoms with Crippen LogP contribution in [0.25, 0.3) is 10.6 Å². The van der Waals surface area contributed by atoms with E-state index in [0.717, 1.165) is 41.8 Å². The third-order valence-electron chi connectivity index (χ3n) is 7.04. The smallest absolute Gasteiger partial charge is 0.273 e. The Morgan fingerprint density at radius 2 is 1.94 bits per heavy atom. The molecule has 0 saturated heterocycles. The van der Waals surface area contributed by atoms with Gasteiger partial charge in [0.25, 0.3) is 5.91 Å². The number of amides is 2. The van der Waals surface area contributed by atoms with Crippen molar-refractivity contribution in [3.63, 3.8) is 0 Å². The zero-order valence-electron chi connectivity index (χ0n) is 19.3. The number of fused-ring (bicyclic) bond motifs is 1. The monoisotopic (exact) mass is 496 g/mol. The van der Waals surface area contributed by atoms with Gasteiger partial charge in [-0.25, -0.2) is 0 Å². The Morgan fingerprint density at radius 3 is 2.65 bits per heavy atom. The average Bonchev–Trinajstić information content (AvgIpc) is 3.43. The standard InChI is InChI=1S/C26H29ClN4O2S/c1-26(25(33)28-19-10-4-2-3-5-11-19)17-31-22(15-21(29-31)23-13-8-14-34-23)24(32)30(26)16-18-9-6-7-12-20(18)27/h6-9,12-15,19H,2-5,10-11,16-17H2,1H3,(H,28,33)/t26-/m0/s1. The van der Waals surface area contributed by atoms with E-state index in [4.69, 9.17) is 16.7 Å². The lowest BCUT2D eigenvalue weighted by atomic mass is 9.93. The van der Waals surface area contributed by atoms with E-state index in [1.54, 1.807) is 20.9 Å². The lowest BCUT2D eigenvalue weighted by molar-refractivity contribution is -0.134. The molecule has 1 aliphatic carbocycles. The van der Waals surface area contributed by atoms with Crippen molar-refractivity contribution >= 4 is 34.8 Å². The van der Waals surface area contributed by atoms with E-state index in [2.05, 4.69) is 5.32 Å². The van der Waals surface area contributed by atoms with Gasteiger partial charge in [-0.3, -0.25) is 14.3 Å². The van der Waals surface area contributed by atoms with E-state index in [9.17, 15) is 9.59 Å². The summed E-state index contributed by atoms with van der Waals surface area (Å²) in [4.78, 5) is 30.3. The summed E-state index contributed by atoms with van der Waals surface area (Å²) in [5.74, 6) is -0.335. The van der Waals surface area contributed by atoms with E-state index in [1.807, 2.05) is 54.8 Å². The van der Waals surface area contributed by atoms with Gasteiger partial charge in [0.1, 0.15) is 16.9 Å². The molecule has 1 saturated carbocycles. The lowest BCUT2D eigenvalue weighted by Gasteiger charge is -2.44. The highest BCUT2D eigenvalue weighted by Gasteiger charge is 2.48. The Bertz CT molecular complexity index is 1180. The summed E-state index contributed by atoms with van der Waals surface area (Å²) < 4.78 is 1.70. The number of halogens is 1. The number of nitrogens with one attached hydrogen (secondary N) is 1. The fourth-order valence-corrected chi connectivity index (χ4v) is 5.87. The molecule has 5 rings (SSSR count). The highest BCUT2D eigenvalue weighted by Crippen LogP contribution is 2.34. The largest absolute Gasteiger partial charge is 0.351 e. The second-order valence-electron chi connectivity index (χ2n) is 9.47. The molecule has 0 radical (unpaired) electrons. The Balaban J connectivity index is 1.50. The summed E-state index contributed by atoms with van der Waals surface area (Å²) in [5.41, 5.74) is 0.978. The zero-order valence-corrected chi connectivity index (χ0v) is 20.9. The van der Waals surface area contributed by atoms with Crippen LogP contribution in [0.3, 0.4) is 0 Å². The molecule has 0 unspecified atom stereocenters. The number of carbonyl (C=O) groups excluding carboxylic acids is 2. The van der Waals surface area contributed by atoms with Crippen LogP contribution in [0, 0.1) is 0 Å². The highest BCUT2D eigenvalue weighted by molar-refractivity contribution is 7.13. The second kappa shape index (κ2) is 9.55. The number of thiophene rings is 1. The van der Waals surface area contributed by atoms with Crippen molar-refractivity contribution in [3.05, 3.63) is 64.1 Å². The molecule has 1 atom stereocenters. The predicted molar refractivity (Wildman–Crippen MR) is 135 cm³/mol. The minimum atomic E-state index is -1.09. The number of carbonyl (C=O) groups is 2. The molecule has 6 nitrogen and oxygen atoms in total. The number of nitrogens with zero attached hydrogens (tertiary/aromatic N) is 3. The molecular weight excluding hydrogens is 468 g/mol. The normalized spacial score (nSPS) is 21.2. The van der Waals surface area contributed by atoms with Gasteiger partial charge in [0, 0.05) is 17.6 Å². The van der Waals surface area contributed by atoms with E-state index < -0.39 is 5.54 Å². The average molecular weight is 497 g/mol. The van der Waals surface area contributed by atoms with Crippen LogP contribution >= 0.6 is 22.9 Å². The Morgan fingerprint density at radius 1 is 1.18 bits per heavy atom. The molecule has 178 valence electrons. The van der Waals surface area contributed by atoms with E-state index in [-0.39, 0.29) is 24.4 Å². The maximum absolute atomic E-state index is 13.8. The van der Waals surface area contributed by atoms with Crippen molar-refractivity contribution in [1.82, 2.24) is 20.0 Å². The molecule has 1 aliphatic heterocycles. The topological polar surface area (TPSA) is 67.2 Å². The van der Waals surface area contributed by atoms with Crippen molar-refractivity contribution in [2.24, 2.45) is 0 Å². The molecule has 34 heavy (non-hydrogen) atoms. The van der Waals surface area contributed by atoms with Gasteiger partial charge < -0.3 is 10.2 Å². The SMILES string of the molecule is C[C@@]1(C(=O)NC2CCCCCC2)Cn2nc(-c3cccs3)cc2C(=O)N1Cc1ccccc1Cl. The zero-order chi connectivity index (χ0) is 23.7. The van der Waals surface area contributed by atoms with Crippen LogP contribution in [0.4, 0.5) is 0 Å². The van der Waals surface area contributed by atoms with E-state index in [1.165, 1.54) is 12.8 Å². The number of aromatic nitrogens is 2. The number of rotatable bonds is 5. The first kappa shape index (κ1) is 23.1. The fourth-order valence-electron chi connectivity index (χ4n) is 5.00. The Kier molecular flexibility index (Phi) is 6.49. The first-order valence-electron chi connectivity index (χ1n) is 11.9. The molecule has 3 aromatic rings. The van der Waals surface area contributed by atoms with Gasteiger partial charge in [0.15, 0.2) is 0 Å². The van der Waals surface area contributed by atoms with Crippen LogP contribution in [-0.2, 0) is 17.9 Å². The quantitative estimate of drug-likeness (QED) is 0.473. The van der Waals surface area contributed by atoms with E-state index >= 15 is 0 Å². The molecule has 8 heteroatoms. The fraction of sp³-hybridized carbons (Fsp3) is 0.423. The van der Waals surface area contributed by atoms with Gasteiger partial charge >= 0.3 is 0 Å². The van der Waals surface area contributed by atoms with Crippen LogP contribution in [-0.4, -0.2) is 38.1 Å². The minimum Gasteiger partial charge on any atom is -0.351 e. The van der Waals surface area contributed by atoms with E-state index in [0.29, 0.717) is 17.3 Å². The number of hydrogen-bond donors (Lipinski definition) is 1. The summed E-state index contributed by atoms with van der Waals surface area (Å²) in [7, 11) is 0. The Labute approximate surface area is 208 Å². The van der Waals surface area contributed by atoms with Crippen molar-refractivity contribution < 1.29 is 9.59 Å². The third-order valence-corrected chi connectivity index (χ3v) is 8.30. The maximum Gasteiger partial charge on any atom is 0.273 e.